The summed E-state index contributed by atoms with van der Waals surface area (Å²) in [6.45, 7) is 6.68. The van der Waals surface area contributed by atoms with Gasteiger partial charge in [0.15, 0.2) is 0 Å². The van der Waals surface area contributed by atoms with Gasteiger partial charge in [0.1, 0.15) is 5.76 Å². The van der Waals surface area contributed by atoms with E-state index in [1.54, 1.807) is 0 Å². The molecular formula is C14H24N2O. The van der Waals surface area contributed by atoms with E-state index < -0.39 is 0 Å². The molecule has 0 radical (unpaired) electrons. The zero-order valence-electron chi connectivity index (χ0n) is 11.1. The highest BCUT2D eigenvalue weighted by molar-refractivity contribution is 5.17. The molecule has 1 saturated carbocycles. The summed E-state index contributed by atoms with van der Waals surface area (Å²) in [6.07, 6.45) is 5.65. The lowest BCUT2D eigenvalue weighted by Crippen LogP contribution is -2.36. The molecule has 0 amide bonds. The highest BCUT2D eigenvalue weighted by atomic mass is 16.3. The van der Waals surface area contributed by atoms with Crippen molar-refractivity contribution < 1.29 is 4.42 Å². The summed E-state index contributed by atoms with van der Waals surface area (Å²) in [6, 6.07) is 2.33. The predicted molar refractivity (Wildman–Crippen MR) is 69.2 cm³/mol. The van der Waals surface area contributed by atoms with Crippen LogP contribution < -0.4 is 11.3 Å². The van der Waals surface area contributed by atoms with Crippen LogP contribution in [0.1, 0.15) is 50.5 Å². The maximum atomic E-state index is 5.73. The Bertz CT molecular complexity index is 361. The van der Waals surface area contributed by atoms with E-state index in [9.17, 15) is 0 Å². The number of hydrogen-bond acceptors (Lipinski definition) is 3. The molecule has 3 heteroatoms. The van der Waals surface area contributed by atoms with Crippen molar-refractivity contribution in [1.29, 1.82) is 0 Å². The Balaban J connectivity index is 2.08. The molecular weight excluding hydrogens is 212 g/mol. The van der Waals surface area contributed by atoms with Crippen molar-refractivity contribution in [2.45, 2.75) is 46.1 Å². The van der Waals surface area contributed by atoms with Crippen LogP contribution in [0, 0.1) is 24.7 Å². The van der Waals surface area contributed by atoms with Crippen molar-refractivity contribution >= 4 is 0 Å². The fourth-order valence-corrected chi connectivity index (χ4v) is 3.02. The van der Waals surface area contributed by atoms with E-state index >= 15 is 0 Å². The second-order valence-electron chi connectivity index (χ2n) is 5.66. The van der Waals surface area contributed by atoms with Gasteiger partial charge in [-0.15, -0.1) is 0 Å². The average molecular weight is 236 g/mol. The Kier molecular flexibility index (Phi) is 3.89. The van der Waals surface area contributed by atoms with Crippen LogP contribution in [0.3, 0.4) is 0 Å². The number of hydrogen-bond donors (Lipinski definition) is 2. The minimum atomic E-state index is 0.238. The standard InChI is InChI=1S/C14H24N2O/c1-9-4-5-12(6-10(9)2)14(16-15)13-7-11(3)17-8-13/h7-10,12,14,16H,4-6,15H2,1-3H3. The second-order valence-corrected chi connectivity index (χ2v) is 5.66. The monoisotopic (exact) mass is 236 g/mol. The second kappa shape index (κ2) is 5.23. The Morgan fingerprint density at radius 2 is 2.12 bits per heavy atom. The van der Waals surface area contributed by atoms with Gasteiger partial charge in [-0.05, 0) is 43.6 Å². The highest BCUT2D eigenvalue weighted by Crippen LogP contribution is 2.39. The molecule has 0 bridgehead atoms. The van der Waals surface area contributed by atoms with Crippen LogP contribution in [0.15, 0.2) is 16.7 Å². The molecule has 1 heterocycles. The molecule has 1 aromatic rings. The van der Waals surface area contributed by atoms with Crippen LogP contribution in [-0.4, -0.2) is 0 Å². The normalized spacial score (nSPS) is 31.4. The summed E-state index contributed by atoms with van der Waals surface area (Å²) < 4.78 is 5.39. The van der Waals surface area contributed by atoms with Gasteiger partial charge in [-0.3, -0.25) is 11.3 Å². The highest BCUT2D eigenvalue weighted by Gasteiger charge is 2.31. The topological polar surface area (TPSA) is 51.2 Å². The summed E-state index contributed by atoms with van der Waals surface area (Å²) >= 11 is 0. The third kappa shape index (κ3) is 2.72. The van der Waals surface area contributed by atoms with Crippen LogP contribution in [0.25, 0.3) is 0 Å². The molecule has 1 aliphatic rings. The molecule has 17 heavy (non-hydrogen) atoms. The van der Waals surface area contributed by atoms with Gasteiger partial charge in [0.25, 0.3) is 0 Å². The van der Waals surface area contributed by atoms with Gasteiger partial charge in [0.05, 0.1) is 12.3 Å². The average Bonchev–Trinajstić information content (AvgIpc) is 2.71. The van der Waals surface area contributed by atoms with Crippen molar-refractivity contribution in [3.63, 3.8) is 0 Å². The van der Waals surface area contributed by atoms with Gasteiger partial charge < -0.3 is 4.42 Å². The maximum absolute atomic E-state index is 5.73. The summed E-state index contributed by atoms with van der Waals surface area (Å²) in [5.74, 6) is 8.95. The van der Waals surface area contributed by atoms with Gasteiger partial charge in [-0.25, -0.2) is 0 Å². The molecule has 0 spiro atoms. The number of rotatable bonds is 3. The smallest absolute Gasteiger partial charge is 0.101 e. The molecule has 1 fully saturated rings. The Morgan fingerprint density at radius 1 is 1.35 bits per heavy atom. The molecule has 1 aromatic heterocycles. The van der Waals surface area contributed by atoms with Crippen molar-refractivity contribution in [2.24, 2.45) is 23.6 Å². The van der Waals surface area contributed by atoms with Gasteiger partial charge in [-0.1, -0.05) is 20.3 Å². The van der Waals surface area contributed by atoms with Crippen LogP contribution in [-0.2, 0) is 0 Å². The number of furan rings is 1. The fourth-order valence-electron chi connectivity index (χ4n) is 3.02. The maximum Gasteiger partial charge on any atom is 0.101 e. The molecule has 2 rings (SSSR count). The fraction of sp³-hybridized carbons (Fsp3) is 0.714. The number of hydrazine groups is 1. The molecule has 0 aliphatic heterocycles. The van der Waals surface area contributed by atoms with E-state index in [0.717, 1.165) is 17.6 Å². The molecule has 4 atom stereocenters. The lowest BCUT2D eigenvalue weighted by Gasteiger charge is -2.36. The molecule has 1 aliphatic carbocycles. The molecule has 3 N–H and O–H groups in total. The number of nitrogens with one attached hydrogen (secondary N) is 1. The van der Waals surface area contributed by atoms with E-state index in [-0.39, 0.29) is 6.04 Å². The lowest BCUT2D eigenvalue weighted by molar-refractivity contribution is 0.171. The summed E-state index contributed by atoms with van der Waals surface area (Å²) in [4.78, 5) is 0. The minimum absolute atomic E-state index is 0.238. The first-order chi connectivity index (χ1) is 8.11. The zero-order valence-corrected chi connectivity index (χ0v) is 11.1. The van der Waals surface area contributed by atoms with E-state index in [4.69, 9.17) is 10.3 Å². The van der Waals surface area contributed by atoms with Gasteiger partial charge in [0, 0.05) is 5.56 Å². The molecule has 4 unspecified atom stereocenters. The lowest BCUT2D eigenvalue weighted by atomic mass is 9.72. The van der Waals surface area contributed by atoms with Crippen molar-refractivity contribution in [3.05, 3.63) is 23.7 Å². The first kappa shape index (κ1) is 12.7. The Morgan fingerprint density at radius 3 is 2.65 bits per heavy atom. The largest absolute Gasteiger partial charge is 0.469 e. The van der Waals surface area contributed by atoms with E-state index in [1.807, 2.05) is 13.2 Å². The van der Waals surface area contributed by atoms with E-state index in [1.165, 1.54) is 24.8 Å². The van der Waals surface area contributed by atoms with Gasteiger partial charge in [-0.2, -0.15) is 0 Å². The minimum Gasteiger partial charge on any atom is -0.469 e. The summed E-state index contributed by atoms with van der Waals surface area (Å²) in [5.41, 5.74) is 4.17. The Hall–Kier alpha value is -0.800. The SMILES string of the molecule is Cc1cc(C(NN)C2CCC(C)C(C)C2)co1. The Labute approximate surface area is 104 Å². The third-order valence-corrected chi connectivity index (χ3v) is 4.40. The first-order valence-electron chi connectivity index (χ1n) is 6.63. The predicted octanol–water partition coefficient (Wildman–Crippen LogP) is 3.16. The number of nitrogens with two attached hydrogens (primary N) is 1. The quantitative estimate of drug-likeness (QED) is 0.626. The molecule has 0 aromatic carbocycles. The van der Waals surface area contributed by atoms with Crippen LogP contribution in [0.2, 0.25) is 0 Å². The van der Waals surface area contributed by atoms with Crippen molar-refractivity contribution in [2.75, 3.05) is 0 Å². The third-order valence-electron chi connectivity index (χ3n) is 4.40. The van der Waals surface area contributed by atoms with Crippen LogP contribution >= 0.6 is 0 Å². The van der Waals surface area contributed by atoms with Gasteiger partial charge in [0.2, 0.25) is 0 Å². The number of aryl methyl sites for hydroxylation is 1. The van der Waals surface area contributed by atoms with E-state index in [0.29, 0.717) is 5.92 Å². The van der Waals surface area contributed by atoms with E-state index in [2.05, 4.69) is 25.3 Å². The van der Waals surface area contributed by atoms with Crippen molar-refractivity contribution in [1.82, 2.24) is 5.43 Å². The molecule has 96 valence electrons. The summed E-state index contributed by atoms with van der Waals surface area (Å²) in [7, 11) is 0. The summed E-state index contributed by atoms with van der Waals surface area (Å²) in [5, 5.41) is 0. The van der Waals surface area contributed by atoms with Crippen molar-refractivity contribution in [3.8, 4) is 0 Å². The molecule has 0 saturated heterocycles. The first-order valence-corrected chi connectivity index (χ1v) is 6.63. The van der Waals surface area contributed by atoms with Crippen LogP contribution in [0.4, 0.5) is 0 Å². The zero-order chi connectivity index (χ0) is 12.4. The van der Waals surface area contributed by atoms with Crippen LogP contribution in [0.5, 0.6) is 0 Å². The molecule has 3 nitrogen and oxygen atoms in total. The van der Waals surface area contributed by atoms with Gasteiger partial charge >= 0.3 is 0 Å².